The molecular formula is C25H32ClN5O3. The van der Waals surface area contributed by atoms with E-state index in [1.807, 2.05) is 49.2 Å². The summed E-state index contributed by atoms with van der Waals surface area (Å²) < 4.78 is 11.5. The molecule has 0 aliphatic heterocycles. The minimum Gasteiger partial charge on any atom is -0.493 e. The lowest BCUT2D eigenvalue weighted by molar-refractivity contribution is -0.121. The number of benzene rings is 2. The Bertz CT molecular complexity index is 1140. The largest absolute Gasteiger partial charge is 0.493 e. The molecule has 0 bridgehead atoms. The third-order valence-electron chi connectivity index (χ3n) is 5.77. The molecule has 0 radical (unpaired) electrons. The van der Waals surface area contributed by atoms with Crippen LogP contribution in [0.5, 0.6) is 11.5 Å². The molecule has 34 heavy (non-hydrogen) atoms. The average molecular weight is 486 g/mol. The second-order valence-electron chi connectivity index (χ2n) is 8.21. The van der Waals surface area contributed by atoms with Gasteiger partial charge in [0.15, 0.2) is 11.5 Å². The fraction of sp³-hybridized carbons (Fsp3) is 0.400. The van der Waals surface area contributed by atoms with Crippen LogP contribution in [-0.4, -0.2) is 54.0 Å². The zero-order valence-corrected chi connectivity index (χ0v) is 20.9. The van der Waals surface area contributed by atoms with Crippen molar-refractivity contribution < 1.29 is 14.3 Å². The van der Waals surface area contributed by atoms with E-state index >= 15 is 0 Å². The summed E-state index contributed by atoms with van der Waals surface area (Å²) in [5, 5.41) is 4.79. The Morgan fingerprint density at radius 1 is 1.21 bits per heavy atom. The summed E-state index contributed by atoms with van der Waals surface area (Å²) in [5.74, 6) is 1.95. The van der Waals surface area contributed by atoms with Crippen LogP contribution in [0.2, 0.25) is 5.02 Å². The van der Waals surface area contributed by atoms with Crippen LogP contribution in [0.3, 0.4) is 0 Å². The summed E-state index contributed by atoms with van der Waals surface area (Å²) in [6.07, 6.45) is 3.24. The number of Topliss-reactive ketones (excluding diaryl/α,β-unsaturated/α-hetero) is 1. The molecule has 0 fully saturated rings. The van der Waals surface area contributed by atoms with Crippen molar-refractivity contribution in [2.75, 3.05) is 32.6 Å². The number of rotatable bonds is 12. The number of halogens is 1. The van der Waals surface area contributed by atoms with E-state index < -0.39 is 0 Å². The second-order valence-corrected chi connectivity index (χ2v) is 8.65. The number of methoxy groups -OCH3 is 1. The number of hydrogen-bond acceptors (Lipinski definition) is 8. The highest BCUT2D eigenvalue weighted by Gasteiger charge is 2.17. The molecule has 0 spiro atoms. The Kier molecular flexibility index (Phi) is 9.04. The van der Waals surface area contributed by atoms with Crippen LogP contribution in [0, 0.1) is 0 Å². The van der Waals surface area contributed by atoms with E-state index in [0.29, 0.717) is 42.0 Å². The van der Waals surface area contributed by atoms with Gasteiger partial charge in [0.05, 0.1) is 25.3 Å². The monoisotopic (exact) mass is 485 g/mol. The highest BCUT2D eigenvalue weighted by Crippen LogP contribution is 2.35. The number of ketones is 1. The Balaban J connectivity index is 1.95. The van der Waals surface area contributed by atoms with Gasteiger partial charge in [0, 0.05) is 28.7 Å². The van der Waals surface area contributed by atoms with Crippen molar-refractivity contribution >= 4 is 39.8 Å². The summed E-state index contributed by atoms with van der Waals surface area (Å²) in [6, 6.07) is 9.16. The SMILES string of the molecule is COc1cc2ncnc(Nc3cc(Cl)ccc3CN(C)C(C)C(C)=O)c2cc1OCCCCN. The van der Waals surface area contributed by atoms with E-state index in [1.165, 1.54) is 6.33 Å². The number of hydrogen-bond donors (Lipinski definition) is 2. The van der Waals surface area contributed by atoms with Gasteiger partial charge in [-0.3, -0.25) is 9.69 Å². The van der Waals surface area contributed by atoms with Crippen molar-refractivity contribution in [3.05, 3.63) is 47.2 Å². The number of nitrogens with two attached hydrogens (primary N) is 1. The van der Waals surface area contributed by atoms with E-state index in [4.69, 9.17) is 26.8 Å². The number of ether oxygens (including phenoxy) is 2. The maximum atomic E-state index is 11.8. The molecule has 0 aliphatic carbocycles. The minimum atomic E-state index is -0.199. The van der Waals surface area contributed by atoms with E-state index in [1.54, 1.807) is 14.0 Å². The summed E-state index contributed by atoms with van der Waals surface area (Å²) >= 11 is 6.31. The normalized spacial score (nSPS) is 12.1. The van der Waals surface area contributed by atoms with E-state index in [9.17, 15) is 4.79 Å². The number of aromatic nitrogens is 2. The topological polar surface area (TPSA) is 103 Å². The molecule has 0 saturated carbocycles. The first-order chi connectivity index (χ1) is 16.3. The molecule has 3 aromatic rings. The quantitative estimate of drug-likeness (QED) is 0.360. The second kappa shape index (κ2) is 12.0. The van der Waals surface area contributed by atoms with E-state index in [0.717, 1.165) is 35.0 Å². The van der Waals surface area contributed by atoms with Crippen molar-refractivity contribution in [2.45, 2.75) is 39.3 Å². The van der Waals surface area contributed by atoms with E-state index in [2.05, 4.69) is 15.3 Å². The summed E-state index contributed by atoms with van der Waals surface area (Å²) in [5.41, 5.74) is 8.09. The number of fused-ring (bicyclic) bond motifs is 1. The zero-order valence-electron chi connectivity index (χ0n) is 20.1. The van der Waals surface area contributed by atoms with Crippen molar-refractivity contribution in [2.24, 2.45) is 5.73 Å². The molecule has 3 rings (SSSR count). The molecule has 1 unspecified atom stereocenters. The van der Waals surface area contributed by atoms with Gasteiger partial charge in [0.1, 0.15) is 17.9 Å². The number of anilines is 2. The first-order valence-corrected chi connectivity index (χ1v) is 11.6. The average Bonchev–Trinajstić information content (AvgIpc) is 2.82. The van der Waals surface area contributed by atoms with Crippen LogP contribution in [0.4, 0.5) is 11.5 Å². The van der Waals surface area contributed by atoms with Gasteiger partial charge < -0.3 is 20.5 Å². The van der Waals surface area contributed by atoms with Crippen LogP contribution >= 0.6 is 11.6 Å². The van der Waals surface area contributed by atoms with Crippen molar-refractivity contribution in [3.63, 3.8) is 0 Å². The Hall–Kier alpha value is -2.94. The third-order valence-corrected chi connectivity index (χ3v) is 6.01. The van der Waals surface area contributed by atoms with Crippen molar-refractivity contribution in [1.82, 2.24) is 14.9 Å². The molecule has 3 N–H and O–H groups in total. The fourth-order valence-corrected chi connectivity index (χ4v) is 3.68. The first-order valence-electron chi connectivity index (χ1n) is 11.3. The predicted octanol–water partition coefficient (Wildman–Crippen LogP) is 4.56. The summed E-state index contributed by atoms with van der Waals surface area (Å²) in [4.78, 5) is 22.7. The molecule has 1 aromatic heterocycles. The maximum Gasteiger partial charge on any atom is 0.162 e. The molecule has 8 nitrogen and oxygen atoms in total. The predicted molar refractivity (Wildman–Crippen MR) is 136 cm³/mol. The number of nitrogens with one attached hydrogen (secondary N) is 1. The van der Waals surface area contributed by atoms with Gasteiger partial charge in [0.2, 0.25) is 0 Å². The van der Waals surface area contributed by atoms with Crippen LogP contribution in [0.1, 0.15) is 32.3 Å². The zero-order chi connectivity index (χ0) is 24.7. The molecule has 1 atom stereocenters. The molecule has 1 heterocycles. The standard InChI is InChI=1S/C25H32ClN5O3/c1-16(17(2)32)31(3)14-18-7-8-19(26)11-21(18)30-25-20-12-24(34-10-6-5-9-27)23(33-4)13-22(20)28-15-29-25/h7-8,11-13,15-16H,5-6,9-10,14,27H2,1-4H3,(H,28,29,30). The van der Waals surface area contributed by atoms with Crippen LogP contribution in [0.15, 0.2) is 36.7 Å². The van der Waals surface area contributed by atoms with Crippen molar-refractivity contribution in [1.29, 1.82) is 0 Å². The minimum absolute atomic E-state index is 0.112. The molecule has 0 aliphatic rings. The van der Waals surface area contributed by atoms with Crippen molar-refractivity contribution in [3.8, 4) is 11.5 Å². The smallest absolute Gasteiger partial charge is 0.162 e. The molecule has 9 heteroatoms. The van der Waals surface area contributed by atoms with E-state index in [-0.39, 0.29) is 11.8 Å². The highest BCUT2D eigenvalue weighted by molar-refractivity contribution is 6.30. The number of likely N-dealkylation sites (N-methyl/N-ethyl adjacent to an activating group) is 1. The maximum absolute atomic E-state index is 11.8. The summed E-state index contributed by atoms with van der Waals surface area (Å²) in [6.45, 7) is 5.22. The number of carbonyl (C=O) groups excluding carboxylic acids is 1. The lowest BCUT2D eigenvalue weighted by Gasteiger charge is -2.24. The van der Waals surface area contributed by atoms with Gasteiger partial charge in [-0.2, -0.15) is 0 Å². The van der Waals surface area contributed by atoms with Gasteiger partial charge in [0.25, 0.3) is 0 Å². The Morgan fingerprint density at radius 3 is 2.71 bits per heavy atom. The lowest BCUT2D eigenvalue weighted by atomic mass is 10.1. The van der Waals surface area contributed by atoms with Crippen LogP contribution < -0.4 is 20.5 Å². The van der Waals surface area contributed by atoms with Gasteiger partial charge in [-0.1, -0.05) is 17.7 Å². The molecule has 0 amide bonds. The fourth-order valence-electron chi connectivity index (χ4n) is 3.51. The molecule has 2 aromatic carbocycles. The first kappa shape index (κ1) is 25.7. The Labute approximate surface area is 205 Å². The number of carbonyl (C=O) groups is 1. The number of unbranched alkanes of at least 4 members (excludes halogenated alkanes) is 1. The lowest BCUT2D eigenvalue weighted by Crippen LogP contribution is -2.34. The molecule has 182 valence electrons. The van der Waals surface area contributed by atoms with Gasteiger partial charge in [-0.05, 0) is 64.0 Å². The Morgan fingerprint density at radius 2 is 2.00 bits per heavy atom. The van der Waals surface area contributed by atoms with Gasteiger partial charge in [-0.15, -0.1) is 0 Å². The number of nitrogens with zero attached hydrogens (tertiary/aromatic N) is 3. The highest BCUT2D eigenvalue weighted by atomic mass is 35.5. The van der Waals surface area contributed by atoms with Gasteiger partial charge in [-0.25, -0.2) is 9.97 Å². The summed E-state index contributed by atoms with van der Waals surface area (Å²) in [7, 11) is 3.52. The van der Waals surface area contributed by atoms with Gasteiger partial charge >= 0.3 is 0 Å². The molecule has 0 saturated heterocycles. The van der Waals surface area contributed by atoms with Crippen LogP contribution in [-0.2, 0) is 11.3 Å². The molecular weight excluding hydrogens is 454 g/mol. The third kappa shape index (κ3) is 6.34. The van der Waals surface area contributed by atoms with Crippen LogP contribution in [0.25, 0.3) is 10.9 Å².